The van der Waals surface area contributed by atoms with Gasteiger partial charge in [-0.15, -0.1) is 6.42 Å². The zero-order valence-corrected chi connectivity index (χ0v) is 26.5. The lowest BCUT2D eigenvalue weighted by Crippen LogP contribution is -2.51. The molecule has 4 aromatic rings. The van der Waals surface area contributed by atoms with E-state index in [0.29, 0.717) is 30.9 Å². The number of piperazine rings is 1. The Morgan fingerprint density at radius 1 is 1.02 bits per heavy atom. The van der Waals surface area contributed by atoms with Crippen LogP contribution in [0.5, 0.6) is 11.8 Å². The van der Waals surface area contributed by atoms with Crippen LogP contribution in [0.15, 0.2) is 30.3 Å². The third-order valence-corrected chi connectivity index (χ3v) is 10.7. The first-order valence-corrected chi connectivity index (χ1v) is 16.7. The highest BCUT2D eigenvalue weighted by molar-refractivity contribution is 6.04. The van der Waals surface area contributed by atoms with Gasteiger partial charge in [0.05, 0.1) is 17.7 Å². The topological polar surface area (TPSA) is 73.8 Å². The summed E-state index contributed by atoms with van der Waals surface area (Å²) in [5.74, 6) is 0.733. The molecule has 47 heavy (non-hydrogen) atoms. The average Bonchev–Trinajstić information content (AvgIpc) is 3.74. The number of phenolic OH excluding ortho intramolecular Hbond substituents is 1. The summed E-state index contributed by atoms with van der Waals surface area (Å²) in [6.45, 7) is 7.12. The summed E-state index contributed by atoms with van der Waals surface area (Å²) in [5, 5.41) is 14.9. The molecule has 2 atom stereocenters. The van der Waals surface area contributed by atoms with Crippen LogP contribution in [-0.4, -0.2) is 71.4 Å². The first-order valence-electron chi connectivity index (χ1n) is 16.7. The molecule has 2 unspecified atom stereocenters. The minimum atomic E-state index is -0.950. The summed E-state index contributed by atoms with van der Waals surface area (Å²) < 4.78 is 54.3. The lowest BCUT2D eigenvalue weighted by Gasteiger charge is -2.34. The molecule has 0 spiro atoms. The second kappa shape index (κ2) is 11.6. The van der Waals surface area contributed by atoms with Gasteiger partial charge in [0.15, 0.2) is 5.82 Å². The Morgan fingerprint density at radius 2 is 1.77 bits per heavy atom. The maximum atomic E-state index is 16.9. The molecule has 8 rings (SSSR count). The molecule has 0 radical (unpaired) electrons. The Bertz CT molecular complexity index is 1920. The fraction of sp³-hybridized carbons (Fsp3) is 0.459. The molecule has 3 saturated heterocycles. The van der Waals surface area contributed by atoms with E-state index in [-0.39, 0.29) is 56.7 Å². The second-order valence-electron chi connectivity index (χ2n) is 14.2. The van der Waals surface area contributed by atoms with Crippen molar-refractivity contribution in [3.05, 3.63) is 53.3 Å². The first kappa shape index (κ1) is 30.3. The number of likely N-dealkylation sites (tertiary alicyclic amines) is 1. The van der Waals surface area contributed by atoms with Crippen molar-refractivity contribution in [1.82, 2.24) is 20.2 Å². The lowest BCUT2D eigenvalue weighted by atomic mass is 9.92. The molecule has 4 aliphatic rings. The van der Waals surface area contributed by atoms with E-state index in [1.165, 1.54) is 43.2 Å². The van der Waals surface area contributed by atoms with Crippen molar-refractivity contribution in [2.75, 3.05) is 44.2 Å². The highest BCUT2D eigenvalue weighted by Crippen LogP contribution is 2.47. The largest absolute Gasteiger partial charge is 0.508 e. The predicted molar refractivity (Wildman–Crippen MR) is 176 cm³/mol. The Kier molecular flexibility index (Phi) is 7.45. The molecule has 244 valence electrons. The van der Waals surface area contributed by atoms with Gasteiger partial charge in [0, 0.05) is 53.5 Å². The van der Waals surface area contributed by atoms with E-state index >= 15 is 8.78 Å². The number of benzene rings is 3. The number of nitrogens with one attached hydrogen (secondary N) is 1. The van der Waals surface area contributed by atoms with E-state index in [4.69, 9.17) is 16.1 Å². The summed E-state index contributed by atoms with van der Waals surface area (Å²) in [7, 11) is 0. The van der Waals surface area contributed by atoms with E-state index < -0.39 is 23.0 Å². The number of aromatic nitrogens is 2. The number of aromatic hydroxyl groups is 1. The van der Waals surface area contributed by atoms with Crippen molar-refractivity contribution in [2.24, 2.45) is 11.3 Å². The van der Waals surface area contributed by atoms with E-state index in [0.717, 1.165) is 51.2 Å². The van der Waals surface area contributed by atoms with Crippen molar-refractivity contribution in [2.45, 2.75) is 57.5 Å². The lowest BCUT2D eigenvalue weighted by molar-refractivity contribution is 0.124. The van der Waals surface area contributed by atoms with Crippen LogP contribution in [0.3, 0.4) is 0 Å². The number of rotatable bonds is 7. The van der Waals surface area contributed by atoms with Crippen LogP contribution >= 0.6 is 0 Å². The third kappa shape index (κ3) is 5.53. The molecule has 1 aliphatic carbocycles. The van der Waals surface area contributed by atoms with Crippen molar-refractivity contribution >= 4 is 27.5 Å². The van der Waals surface area contributed by atoms with Crippen molar-refractivity contribution in [1.29, 1.82) is 0 Å². The highest BCUT2D eigenvalue weighted by Gasteiger charge is 2.45. The number of fused-ring (bicyclic) bond motifs is 4. The summed E-state index contributed by atoms with van der Waals surface area (Å²) in [5.41, 5.74) is -0.736. The fourth-order valence-electron chi connectivity index (χ4n) is 7.88. The van der Waals surface area contributed by atoms with E-state index in [1.807, 2.05) is 0 Å². The van der Waals surface area contributed by atoms with Crippen LogP contribution < -0.4 is 15.0 Å². The van der Waals surface area contributed by atoms with Crippen LogP contribution in [0, 0.1) is 41.1 Å². The molecule has 2 N–H and O–H groups in total. The fourth-order valence-corrected chi connectivity index (χ4v) is 7.88. The van der Waals surface area contributed by atoms with Gasteiger partial charge in [0.2, 0.25) is 0 Å². The summed E-state index contributed by atoms with van der Waals surface area (Å²) in [4.78, 5) is 13.9. The summed E-state index contributed by atoms with van der Waals surface area (Å²) in [6.07, 6.45) is 12.2. The molecule has 0 amide bonds. The summed E-state index contributed by atoms with van der Waals surface area (Å²) >= 11 is 0. The normalized spacial score (nSPS) is 22.6. The molecule has 4 fully saturated rings. The standard InChI is InChI=1S/C37H38F3N5O2/c1-3-26-29(38)7-4-22-14-25(46)15-27(31(22)26)32-30(39)16-28-34(33(32)40)42-36(43-35(28)45-17-23-5-6-24(18-45)41-23)47-20-37(10-11-37)19-44-12-8-21(2)9-13-44/h1,4,7,14-16,21,23-24,41,46H,5-6,8-13,17-20H2,2H3. The summed E-state index contributed by atoms with van der Waals surface area (Å²) in [6, 6.07) is 7.00. The number of hydrogen-bond donors (Lipinski definition) is 2. The molecule has 1 saturated carbocycles. The van der Waals surface area contributed by atoms with E-state index in [9.17, 15) is 9.50 Å². The van der Waals surface area contributed by atoms with Gasteiger partial charge in [0.1, 0.15) is 28.7 Å². The van der Waals surface area contributed by atoms with Gasteiger partial charge < -0.3 is 25.0 Å². The third-order valence-electron chi connectivity index (χ3n) is 10.7. The average molecular weight is 642 g/mol. The number of halogens is 3. The van der Waals surface area contributed by atoms with Crippen LogP contribution in [0.1, 0.15) is 51.0 Å². The van der Waals surface area contributed by atoms with Crippen molar-refractivity contribution in [3.63, 3.8) is 0 Å². The quantitative estimate of drug-likeness (QED) is 0.227. The Morgan fingerprint density at radius 3 is 2.47 bits per heavy atom. The zero-order valence-electron chi connectivity index (χ0n) is 26.5. The number of piperidine rings is 1. The first-order chi connectivity index (χ1) is 22.7. The van der Waals surface area contributed by atoms with Crippen LogP contribution in [-0.2, 0) is 0 Å². The number of hydrogen-bond acceptors (Lipinski definition) is 7. The molecule has 1 aromatic heterocycles. The number of anilines is 1. The molecular weight excluding hydrogens is 603 g/mol. The molecule has 2 bridgehead atoms. The van der Waals surface area contributed by atoms with Gasteiger partial charge in [-0.05, 0) is 87.2 Å². The number of nitrogens with zero attached hydrogens (tertiary/aromatic N) is 4. The maximum absolute atomic E-state index is 16.9. The minimum Gasteiger partial charge on any atom is -0.508 e. The van der Waals surface area contributed by atoms with Crippen molar-refractivity contribution in [3.8, 4) is 35.2 Å². The minimum absolute atomic E-state index is 0.00981. The molecule has 3 aliphatic heterocycles. The molecule has 7 nitrogen and oxygen atoms in total. The molecular formula is C37H38F3N5O2. The zero-order chi connectivity index (χ0) is 32.4. The van der Waals surface area contributed by atoms with Gasteiger partial charge in [-0.3, -0.25) is 0 Å². The van der Waals surface area contributed by atoms with Crippen molar-refractivity contribution < 1.29 is 23.0 Å². The number of ether oxygens (including phenoxy) is 1. The van der Waals surface area contributed by atoms with Gasteiger partial charge in [-0.2, -0.15) is 9.97 Å². The molecule has 3 aromatic carbocycles. The maximum Gasteiger partial charge on any atom is 0.319 e. The van der Waals surface area contributed by atoms with Crippen LogP contribution in [0.4, 0.5) is 19.0 Å². The van der Waals surface area contributed by atoms with Gasteiger partial charge >= 0.3 is 6.01 Å². The number of terminal acetylenes is 1. The Balaban J connectivity index is 1.23. The van der Waals surface area contributed by atoms with Gasteiger partial charge in [0.25, 0.3) is 0 Å². The molecule has 4 heterocycles. The smallest absolute Gasteiger partial charge is 0.319 e. The second-order valence-corrected chi connectivity index (χ2v) is 14.2. The Labute approximate surface area is 272 Å². The highest BCUT2D eigenvalue weighted by atomic mass is 19.1. The van der Waals surface area contributed by atoms with E-state index in [2.05, 4.69) is 32.9 Å². The number of phenols is 1. The monoisotopic (exact) mass is 641 g/mol. The predicted octanol–water partition coefficient (Wildman–Crippen LogP) is 6.39. The van der Waals surface area contributed by atoms with Crippen LogP contribution in [0.25, 0.3) is 32.8 Å². The SMILES string of the molecule is C#Cc1c(F)ccc2cc(O)cc(-c3c(F)cc4c(N5CC6CCC(C5)N6)nc(OCC5(CN6CCC(C)CC6)CC5)nc4c3F)c12. The Hall–Kier alpha value is -4.07. The van der Waals surface area contributed by atoms with Gasteiger partial charge in [-0.1, -0.05) is 18.9 Å². The van der Waals surface area contributed by atoms with E-state index in [1.54, 1.807) is 0 Å². The van der Waals surface area contributed by atoms with Crippen LogP contribution in [0.2, 0.25) is 0 Å². The molecule has 10 heteroatoms. The van der Waals surface area contributed by atoms with Gasteiger partial charge in [-0.25, -0.2) is 13.2 Å².